The van der Waals surface area contributed by atoms with E-state index in [1.54, 1.807) is 6.07 Å². The van der Waals surface area contributed by atoms with E-state index >= 15 is 0 Å². The number of Topliss-reactive ketones (excluding diaryl/α,β-unsaturated/α-hetero) is 1. The van der Waals surface area contributed by atoms with E-state index in [1.165, 1.54) is 0 Å². The standard InChI is InChI=1S/C13H19NO3S/c1-3-10-5-4-6-11(9-10)13(15)12(14)7-8-18(2,16)17/h4-6,9,12H,3,7-8,14H2,1-2H3. The van der Waals surface area contributed by atoms with Crippen LogP contribution in [0.1, 0.15) is 29.3 Å². The van der Waals surface area contributed by atoms with Crippen molar-refractivity contribution in [2.45, 2.75) is 25.8 Å². The van der Waals surface area contributed by atoms with Gasteiger partial charge in [-0.15, -0.1) is 0 Å². The van der Waals surface area contributed by atoms with E-state index in [1.807, 2.05) is 25.1 Å². The average molecular weight is 269 g/mol. The molecule has 0 saturated carbocycles. The van der Waals surface area contributed by atoms with Crippen LogP contribution in [0.2, 0.25) is 0 Å². The molecule has 5 heteroatoms. The smallest absolute Gasteiger partial charge is 0.179 e. The summed E-state index contributed by atoms with van der Waals surface area (Å²) in [5, 5.41) is 0. The molecule has 2 N–H and O–H groups in total. The largest absolute Gasteiger partial charge is 0.321 e. The van der Waals surface area contributed by atoms with E-state index in [0.29, 0.717) is 5.56 Å². The minimum absolute atomic E-state index is 0.0621. The van der Waals surface area contributed by atoms with Crippen molar-refractivity contribution in [2.75, 3.05) is 12.0 Å². The summed E-state index contributed by atoms with van der Waals surface area (Å²) in [7, 11) is -3.08. The molecule has 4 nitrogen and oxygen atoms in total. The number of nitrogens with two attached hydrogens (primary N) is 1. The molecule has 0 amide bonds. The van der Waals surface area contributed by atoms with Crippen molar-refractivity contribution in [1.82, 2.24) is 0 Å². The number of hydrogen-bond donors (Lipinski definition) is 1. The molecule has 0 bridgehead atoms. The Hall–Kier alpha value is -1.20. The quantitative estimate of drug-likeness (QED) is 0.787. The van der Waals surface area contributed by atoms with Gasteiger partial charge in [0.05, 0.1) is 11.8 Å². The van der Waals surface area contributed by atoms with Crippen molar-refractivity contribution in [1.29, 1.82) is 0 Å². The second-order valence-electron chi connectivity index (χ2n) is 4.44. The zero-order valence-electron chi connectivity index (χ0n) is 10.7. The summed E-state index contributed by atoms with van der Waals surface area (Å²) in [4.78, 5) is 12.0. The maximum atomic E-state index is 12.0. The van der Waals surface area contributed by atoms with E-state index in [9.17, 15) is 13.2 Å². The molecular formula is C13H19NO3S. The first-order chi connectivity index (χ1) is 8.33. The molecule has 1 atom stereocenters. The highest BCUT2D eigenvalue weighted by molar-refractivity contribution is 7.90. The third kappa shape index (κ3) is 4.58. The van der Waals surface area contributed by atoms with Gasteiger partial charge in [-0.2, -0.15) is 0 Å². The zero-order valence-corrected chi connectivity index (χ0v) is 11.5. The van der Waals surface area contributed by atoms with Gasteiger partial charge in [-0.3, -0.25) is 4.79 Å². The molecule has 0 aliphatic carbocycles. The molecule has 0 saturated heterocycles. The number of hydrogen-bond acceptors (Lipinski definition) is 4. The monoisotopic (exact) mass is 269 g/mol. The van der Waals surface area contributed by atoms with E-state index in [-0.39, 0.29) is 18.0 Å². The Morgan fingerprint density at radius 2 is 2.06 bits per heavy atom. The van der Waals surface area contributed by atoms with E-state index in [0.717, 1.165) is 18.2 Å². The summed E-state index contributed by atoms with van der Waals surface area (Å²) in [6.45, 7) is 2.01. The molecule has 1 rings (SSSR count). The van der Waals surface area contributed by atoms with Crippen LogP contribution < -0.4 is 5.73 Å². The maximum absolute atomic E-state index is 12.0. The molecular weight excluding hydrogens is 250 g/mol. The number of aryl methyl sites for hydroxylation is 1. The minimum atomic E-state index is -3.08. The van der Waals surface area contributed by atoms with Crippen LogP contribution in [-0.4, -0.2) is 32.3 Å². The fourth-order valence-corrected chi connectivity index (χ4v) is 2.31. The first-order valence-corrected chi connectivity index (χ1v) is 7.96. The number of benzene rings is 1. The van der Waals surface area contributed by atoms with Gasteiger partial charge >= 0.3 is 0 Å². The molecule has 1 aromatic carbocycles. The zero-order chi connectivity index (χ0) is 13.8. The lowest BCUT2D eigenvalue weighted by molar-refractivity contribution is 0.0959. The van der Waals surface area contributed by atoms with Crippen molar-refractivity contribution in [3.63, 3.8) is 0 Å². The third-order valence-corrected chi connectivity index (χ3v) is 3.73. The SMILES string of the molecule is CCc1cccc(C(=O)C(N)CCS(C)(=O)=O)c1. The fourth-order valence-electron chi connectivity index (χ4n) is 1.63. The molecule has 100 valence electrons. The lowest BCUT2D eigenvalue weighted by atomic mass is 10.0. The van der Waals surface area contributed by atoms with Crippen molar-refractivity contribution in [3.05, 3.63) is 35.4 Å². The van der Waals surface area contributed by atoms with Crippen molar-refractivity contribution in [2.24, 2.45) is 5.73 Å². The normalized spacial score (nSPS) is 13.3. The molecule has 0 fully saturated rings. The molecule has 1 unspecified atom stereocenters. The van der Waals surface area contributed by atoms with Gasteiger partial charge in [0.15, 0.2) is 5.78 Å². The Balaban J connectivity index is 2.74. The van der Waals surface area contributed by atoms with Crippen molar-refractivity contribution < 1.29 is 13.2 Å². The molecule has 18 heavy (non-hydrogen) atoms. The van der Waals surface area contributed by atoms with Crippen LogP contribution in [0.15, 0.2) is 24.3 Å². The first kappa shape index (κ1) is 14.9. The lowest BCUT2D eigenvalue weighted by Gasteiger charge is -2.10. The summed E-state index contributed by atoms with van der Waals surface area (Å²) >= 11 is 0. The third-order valence-electron chi connectivity index (χ3n) is 2.76. The Kier molecular flexibility index (Phi) is 5.04. The van der Waals surface area contributed by atoms with Crippen molar-refractivity contribution >= 4 is 15.6 Å². The van der Waals surface area contributed by atoms with E-state index in [4.69, 9.17) is 5.73 Å². The average Bonchev–Trinajstić information content (AvgIpc) is 2.34. The molecule has 0 aromatic heterocycles. The second-order valence-corrected chi connectivity index (χ2v) is 6.70. The Bertz CT molecular complexity index is 523. The maximum Gasteiger partial charge on any atom is 0.179 e. The van der Waals surface area contributed by atoms with Gasteiger partial charge in [-0.1, -0.05) is 25.1 Å². The number of rotatable bonds is 6. The van der Waals surface area contributed by atoms with Crippen LogP contribution in [0.5, 0.6) is 0 Å². The van der Waals surface area contributed by atoms with Gasteiger partial charge in [-0.05, 0) is 24.5 Å². The van der Waals surface area contributed by atoms with Crippen LogP contribution in [0, 0.1) is 0 Å². The van der Waals surface area contributed by atoms with Crippen LogP contribution in [0.4, 0.5) is 0 Å². The highest BCUT2D eigenvalue weighted by Crippen LogP contribution is 2.09. The van der Waals surface area contributed by atoms with Gasteiger partial charge in [0.2, 0.25) is 0 Å². The van der Waals surface area contributed by atoms with Crippen LogP contribution in [0.25, 0.3) is 0 Å². The summed E-state index contributed by atoms with van der Waals surface area (Å²) in [6.07, 6.45) is 2.15. The van der Waals surface area contributed by atoms with Gasteiger partial charge in [0, 0.05) is 11.8 Å². The van der Waals surface area contributed by atoms with E-state index in [2.05, 4.69) is 0 Å². The number of ketones is 1. The molecule has 0 radical (unpaired) electrons. The Morgan fingerprint density at radius 1 is 1.39 bits per heavy atom. The Labute approximate surface area is 108 Å². The van der Waals surface area contributed by atoms with Crippen LogP contribution in [0.3, 0.4) is 0 Å². The molecule has 0 heterocycles. The minimum Gasteiger partial charge on any atom is -0.321 e. The summed E-state index contributed by atoms with van der Waals surface area (Å²) in [5.41, 5.74) is 7.35. The van der Waals surface area contributed by atoms with Gasteiger partial charge < -0.3 is 5.73 Å². The van der Waals surface area contributed by atoms with Crippen LogP contribution >= 0.6 is 0 Å². The Morgan fingerprint density at radius 3 is 2.61 bits per heavy atom. The topological polar surface area (TPSA) is 77.2 Å². The van der Waals surface area contributed by atoms with Gasteiger partial charge in [0.25, 0.3) is 0 Å². The molecule has 0 spiro atoms. The highest BCUT2D eigenvalue weighted by Gasteiger charge is 2.17. The lowest BCUT2D eigenvalue weighted by Crippen LogP contribution is -2.32. The fraction of sp³-hybridized carbons (Fsp3) is 0.462. The van der Waals surface area contributed by atoms with Gasteiger partial charge in [-0.25, -0.2) is 8.42 Å². The summed E-state index contributed by atoms with van der Waals surface area (Å²) < 4.78 is 22.1. The number of sulfone groups is 1. The molecule has 0 aliphatic rings. The van der Waals surface area contributed by atoms with Crippen molar-refractivity contribution in [3.8, 4) is 0 Å². The van der Waals surface area contributed by atoms with Crippen LogP contribution in [-0.2, 0) is 16.3 Å². The van der Waals surface area contributed by atoms with Gasteiger partial charge in [0.1, 0.15) is 9.84 Å². The first-order valence-electron chi connectivity index (χ1n) is 5.90. The summed E-state index contributed by atoms with van der Waals surface area (Å²) in [5.74, 6) is -0.262. The highest BCUT2D eigenvalue weighted by atomic mass is 32.2. The summed E-state index contributed by atoms with van der Waals surface area (Å²) in [6, 6.07) is 6.52. The van der Waals surface area contributed by atoms with E-state index < -0.39 is 15.9 Å². The second kappa shape index (κ2) is 6.11. The number of carbonyl (C=O) groups is 1. The molecule has 1 aromatic rings. The predicted octanol–water partition coefficient (Wildman–Crippen LogP) is 1.19. The predicted molar refractivity (Wildman–Crippen MR) is 72.5 cm³/mol. The number of carbonyl (C=O) groups excluding carboxylic acids is 1. The molecule has 0 aliphatic heterocycles.